The zero-order valence-electron chi connectivity index (χ0n) is 15.6. The Morgan fingerprint density at radius 1 is 1.15 bits per heavy atom. The topological polar surface area (TPSA) is 91.5 Å². The summed E-state index contributed by atoms with van der Waals surface area (Å²) in [5, 5.41) is 26.6. The van der Waals surface area contributed by atoms with E-state index < -0.39 is 11.0 Å². The first-order valence-corrected chi connectivity index (χ1v) is 9.14. The van der Waals surface area contributed by atoms with E-state index in [9.17, 15) is 15.2 Å². The highest BCUT2D eigenvalue weighted by molar-refractivity contribution is 6.07. The molecule has 2 N–H and O–H groups in total. The minimum absolute atomic E-state index is 0.0119. The van der Waals surface area contributed by atoms with E-state index in [1.165, 1.54) is 12.1 Å². The first-order valence-electron chi connectivity index (χ1n) is 9.14. The summed E-state index contributed by atoms with van der Waals surface area (Å²) in [5.41, 5.74) is 2.16. The van der Waals surface area contributed by atoms with Gasteiger partial charge in [0.2, 0.25) is 0 Å². The molecule has 3 rings (SSSR count). The van der Waals surface area contributed by atoms with Crippen LogP contribution < -0.4 is 5.32 Å². The summed E-state index contributed by atoms with van der Waals surface area (Å²) in [7, 11) is 0. The number of benzene rings is 2. The van der Waals surface area contributed by atoms with Gasteiger partial charge in [0.25, 0.3) is 5.69 Å². The zero-order valence-corrected chi connectivity index (χ0v) is 15.6. The predicted molar refractivity (Wildman–Crippen MR) is 108 cm³/mol. The Morgan fingerprint density at radius 3 is 2.56 bits per heavy atom. The lowest BCUT2D eigenvalue weighted by Crippen LogP contribution is -2.36. The van der Waals surface area contributed by atoms with Crippen molar-refractivity contribution in [2.45, 2.75) is 20.0 Å². The molecule has 1 aromatic heterocycles. The van der Waals surface area contributed by atoms with Crippen molar-refractivity contribution in [2.75, 3.05) is 31.5 Å². The van der Waals surface area contributed by atoms with Gasteiger partial charge >= 0.3 is 0 Å². The van der Waals surface area contributed by atoms with Crippen molar-refractivity contribution < 1.29 is 10.0 Å². The molecule has 0 aliphatic heterocycles. The van der Waals surface area contributed by atoms with E-state index in [-0.39, 0.29) is 5.69 Å². The minimum Gasteiger partial charge on any atom is -0.390 e. The third-order valence-corrected chi connectivity index (χ3v) is 4.75. The van der Waals surface area contributed by atoms with Crippen LogP contribution in [0.1, 0.15) is 13.8 Å². The Morgan fingerprint density at radius 2 is 1.85 bits per heavy atom. The Labute approximate surface area is 157 Å². The zero-order chi connectivity index (χ0) is 19.4. The number of rotatable bonds is 8. The van der Waals surface area contributed by atoms with E-state index in [1.807, 2.05) is 24.3 Å². The summed E-state index contributed by atoms with van der Waals surface area (Å²) in [6, 6.07) is 12.3. The largest absolute Gasteiger partial charge is 0.390 e. The number of nitrogens with zero attached hydrogens (tertiary/aromatic N) is 3. The van der Waals surface area contributed by atoms with Gasteiger partial charge in [-0.2, -0.15) is 0 Å². The minimum atomic E-state index is -0.523. The molecule has 1 heterocycles. The van der Waals surface area contributed by atoms with Gasteiger partial charge < -0.3 is 15.3 Å². The van der Waals surface area contributed by atoms with Crippen LogP contribution in [-0.2, 0) is 0 Å². The standard InChI is InChI=1S/C20H24N4O3/c1-3-23(4-2)13-15(25)12-21-20-16-7-5-6-8-18(16)22-19-11-14(24(26)27)9-10-17(19)20/h5-11,15,25H,3-4,12-13H2,1-2H3,(H,21,22). The number of hydrogen-bond donors (Lipinski definition) is 2. The number of aromatic nitrogens is 1. The molecule has 7 nitrogen and oxygen atoms in total. The molecule has 1 atom stereocenters. The molecule has 0 aliphatic carbocycles. The lowest BCUT2D eigenvalue weighted by molar-refractivity contribution is -0.384. The predicted octanol–water partition coefficient (Wildman–Crippen LogP) is 3.41. The second-order valence-corrected chi connectivity index (χ2v) is 6.48. The smallest absolute Gasteiger partial charge is 0.271 e. The van der Waals surface area contributed by atoms with Crippen LogP contribution in [0.2, 0.25) is 0 Å². The fourth-order valence-corrected chi connectivity index (χ4v) is 3.25. The van der Waals surface area contributed by atoms with Crippen molar-refractivity contribution in [1.82, 2.24) is 9.88 Å². The van der Waals surface area contributed by atoms with Crippen LogP contribution in [0.25, 0.3) is 21.8 Å². The number of nitro groups is 1. The van der Waals surface area contributed by atoms with Crippen LogP contribution in [0.15, 0.2) is 42.5 Å². The molecule has 0 fully saturated rings. The van der Waals surface area contributed by atoms with Crippen LogP contribution in [-0.4, -0.2) is 52.2 Å². The lowest BCUT2D eigenvalue weighted by Gasteiger charge is -2.23. The summed E-state index contributed by atoms with van der Waals surface area (Å²) in [6.07, 6.45) is -0.523. The lowest BCUT2D eigenvalue weighted by atomic mass is 10.1. The van der Waals surface area contributed by atoms with Crippen LogP contribution in [0.3, 0.4) is 0 Å². The quantitative estimate of drug-likeness (QED) is 0.360. The molecule has 2 aromatic carbocycles. The van der Waals surface area contributed by atoms with Crippen molar-refractivity contribution in [1.29, 1.82) is 0 Å². The van der Waals surface area contributed by atoms with E-state index in [4.69, 9.17) is 0 Å². The first-order chi connectivity index (χ1) is 13.0. The molecule has 0 radical (unpaired) electrons. The van der Waals surface area contributed by atoms with Crippen molar-refractivity contribution in [2.24, 2.45) is 0 Å². The molecular formula is C20H24N4O3. The number of aliphatic hydroxyl groups excluding tert-OH is 1. The molecule has 3 aromatic rings. The molecule has 0 saturated carbocycles. The van der Waals surface area contributed by atoms with E-state index in [1.54, 1.807) is 6.07 Å². The number of pyridine rings is 1. The molecule has 142 valence electrons. The third-order valence-electron chi connectivity index (χ3n) is 4.75. The fourth-order valence-electron chi connectivity index (χ4n) is 3.25. The molecular weight excluding hydrogens is 344 g/mol. The molecule has 0 amide bonds. The summed E-state index contributed by atoms with van der Waals surface area (Å²) >= 11 is 0. The number of likely N-dealkylation sites (N-methyl/N-ethyl adjacent to an activating group) is 1. The second-order valence-electron chi connectivity index (χ2n) is 6.48. The van der Waals surface area contributed by atoms with Crippen LogP contribution >= 0.6 is 0 Å². The van der Waals surface area contributed by atoms with Crippen molar-refractivity contribution in [3.05, 3.63) is 52.6 Å². The Hall–Kier alpha value is -2.77. The number of hydrogen-bond acceptors (Lipinski definition) is 6. The number of nitrogens with one attached hydrogen (secondary N) is 1. The maximum Gasteiger partial charge on any atom is 0.271 e. The monoisotopic (exact) mass is 368 g/mol. The SMILES string of the molecule is CCN(CC)CC(O)CNc1c2ccccc2nc2cc([N+](=O)[O-])ccc12. The number of anilines is 1. The van der Waals surface area contributed by atoms with Gasteiger partial charge in [-0.05, 0) is 25.2 Å². The summed E-state index contributed by atoms with van der Waals surface area (Å²) in [6.45, 7) is 6.89. The molecule has 1 unspecified atom stereocenters. The number of para-hydroxylation sites is 1. The fraction of sp³-hybridized carbons (Fsp3) is 0.350. The molecule has 0 spiro atoms. The maximum absolute atomic E-state index is 11.1. The molecule has 0 saturated heterocycles. The highest BCUT2D eigenvalue weighted by Gasteiger charge is 2.15. The van der Waals surface area contributed by atoms with Crippen LogP contribution in [0.4, 0.5) is 11.4 Å². The Kier molecular flexibility index (Phi) is 5.83. The highest BCUT2D eigenvalue weighted by Crippen LogP contribution is 2.32. The van der Waals surface area contributed by atoms with Crippen molar-refractivity contribution >= 4 is 33.2 Å². The second kappa shape index (κ2) is 8.28. The van der Waals surface area contributed by atoms with E-state index in [0.717, 1.165) is 35.1 Å². The summed E-state index contributed by atoms with van der Waals surface area (Å²) in [5.74, 6) is 0. The number of non-ortho nitro benzene ring substituents is 1. The molecule has 0 bridgehead atoms. The Balaban J connectivity index is 1.97. The molecule has 7 heteroatoms. The van der Waals surface area contributed by atoms with Crippen molar-refractivity contribution in [3.63, 3.8) is 0 Å². The first kappa shape index (κ1) is 19.0. The maximum atomic E-state index is 11.1. The highest BCUT2D eigenvalue weighted by atomic mass is 16.6. The average Bonchev–Trinajstić information content (AvgIpc) is 2.68. The number of fused-ring (bicyclic) bond motifs is 2. The third kappa shape index (κ3) is 4.15. The normalized spacial score (nSPS) is 12.6. The van der Waals surface area contributed by atoms with E-state index in [0.29, 0.717) is 18.6 Å². The summed E-state index contributed by atoms with van der Waals surface area (Å²) in [4.78, 5) is 17.4. The number of aliphatic hydroxyl groups is 1. The van der Waals surface area contributed by atoms with E-state index in [2.05, 4.69) is 29.0 Å². The Bertz CT molecular complexity index is 957. The van der Waals surface area contributed by atoms with E-state index >= 15 is 0 Å². The van der Waals surface area contributed by atoms with Gasteiger partial charge in [-0.1, -0.05) is 32.0 Å². The van der Waals surface area contributed by atoms with Gasteiger partial charge in [0, 0.05) is 36.0 Å². The van der Waals surface area contributed by atoms with Gasteiger partial charge in [0.15, 0.2) is 0 Å². The molecule has 27 heavy (non-hydrogen) atoms. The van der Waals surface area contributed by atoms with Crippen molar-refractivity contribution in [3.8, 4) is 0 Å². The van der Waals surface area contributed by atoms with Crippen LogP contribution in [0.5, 0.6) is 0 Å². The van der Waals surface area contributed by atoms with Gasteiger partial charge in [0.1, 0.15) is 0 Å². The summed E-state index contributed by atoms with van der Waals surface area (Å²) < 4.78 is 0. The van der Waals surface area contributed by atoms with Gasteiger partial charge in [-0.3, -0.25) is 10.1 Å². The number of nitro benzene ring substituents is 1. The van der Waals surface area contributed by atoms with Gasteiger partial charge in [0.05, 0.1) is 27.7 Å². The van der Waals surface area contributed by atoms with Gasteiger partial charge in [-0.15, -0.1) is 0 Å². The van der Waals surface area contributed by atoms with Crippen LogP contribution in [0, 0.1) is 10.1 Å². The molecule has 0 aliphatic rings. The van der Waals surface area contributed by atoms with Gasteiger partial charge in [-0.25, -0.2) is 4.98 Å². The average molecular weight is 368 g/mol.